The van der Waals surface area contributed by atoms with Crippen LogP contribution in [-0.4, -0.2) is 31.6 Å². The second-order valence-electron chi connectivity index (χ2n) is 7.66. The normalized spacial score (nSPS) is 18.0. The average molecular weight is 449 g/mol. The molecule has 0 bridgehead atoms. The molecule has 6 heteroatoms. The number of para-hydroxylation sites is 2. The van der Waals surface area contributed by atoms with E-state index in [1.165, 1.54) is 7.11 Å². The van der Waals surface area contributed by atoms with E-state index in [4.69, 9.17) is 16.3 Å². The Hall–Kier alpha value is -3.31. The molecule has 4 rings (SSSR count). The lowest BCUT2D eigenvalue weighted by Gasteiger charge is -2.32. The van der Waals surface area contributed by atoms with E-state index in [-0.39, 0.29) is 17.9 Å². The standard InChI is InChI=1S/C26H25ClN2O3/c1-3-28-21-11-7-8-12-22(21)29(25(30)19-13-15-20(27)16-14-19)23(17-24(28)26(31)32-2)18-9-5-4-6-10-18/h4-16,23-24H,3,17H2,1-2H3. The fourth-order valence-electron chi connectivity index (χ4n) is 4.38. The zero-order valence-electron chi connectivity index (χ0n) is 18.1. The van der Waals surface area contributed by atoms with Gasteiger partial charge in [0.1, 0.15) is 6.04 Å². The molecule has 5 nitrogen and oxygen atoms in total. The van der Waals surface area contributed by atoms with Crippen LogP contribution < -0.4 is 9.80 Å². The highest BCUT2D eigenvalue weighted by molar-refractivity contribution is 6.30. The summed E-state index contributed by atoms with van der Waals surface area (Å²) in [6, 6.07) is 23.5. The van der Waals surface area contributed by atoms with Crippen molar-refractivity contribution in [1.29, 1.82) is 0 Å². The van der Waals surface area contributed by atoms with E-state index >= 15 is 0 Å². The number of likely N-dealkylation sites (N-methyl/N-ethyl adjacent to an activating group) is 1. The van der Waals surface area contributed by atoms with Gasteiger partial charge in [0, 0.05) is 23.6 Å². The van der Waals surface area contributed by atoms with E-state index in [2.05, 4.69) is 0 Å². The molecule has 0 aromatic heterocycles. The Kier molecular flexibility index (Phi) is 6.47. The van der Waals surface area contributed by atoms with Crippen molar-refractivity contribution in [3.63, 3.8) is 0 Å². The van der Waals surface area contributed by atoms with Crippen molar-refractivity contribution in [2.75, 3.05) is 23.5 Å². The average Bonchev–Trinajstić information content (AvgIpc) is 2.98. The molecule has 1 aliphatic heterocycles. The number of amides is 1. The minimum atomic E-state index is -0.528. The first kappa shape index (κ1) is 21.9. The van der Waals surface area contributed by atoms with Gasteiger partial charge >= 0.3 is 5.97 Å². The first-order valence-electron chi connectivity index (χ1n) is 10.6. The second kappa shape index (κ2) is 9.45. The van der Waals surface area contributed by atoms with Crippen LogP contribution >= 0.6 is 11.6 Å². The van der Waals surface area contributed by atoms with E-state index in [1.807, 2.05) is 66.4 Å². The Balaban J connectivity index is 1.93. The summed E-state index contributed by atoms with van der Waals surface area (Å²) in [5.41, 5.74) is 3.07. The molecular formula is C26H25ClN2O3. The molecule has 2 unspecified atom stereocenters. The van der Waals surface area contributed by atoms with Crippen molar-refractivity contribution in [1.82, 2.24) is 0 Å². The van der Waals surface area contributed by atoms with Gasteiger partial charge in [-0.2, -0.15) is 0 Å². The molecule has 3 aromatic rings. The Morgan fingerprint density at radius 1 is 0.938 bits per heavy atom. The molecule has 0 saturated carbocycles. The number of hydrogen-bond acceptors (Lipinski definition) is 4. The van der Waals surface area contributed by atoms with Gasteiger partial charge in [-0.25, -0.2) is 4.79 Å². The highest BCUT2D eigenvalue weighted by Gasteiger charge is 2.40. The number of anilines is 2. The lowest BCUT2D eigenvalue weighted by Crippen LogP contribution is -2.43. The van der Waals surface area contributed by atoms with E-state index in [9.17, 15) is 9.59 Å². The van der Waals surface area contributed by atoms with Gasteiger partial charge in [0.15, 0.2) is 0 Å². The van der Waals surface area contributed by atoms with Gasteiger partial charge in [-0.1, -0.05) is 54.1 Å². The zero-order chi connectivity index (χ0) is 22.7. The summed E-state index contributed by atoms with van der Waals surface area (Å²) in [7, 11) is 1.40. The van der Waals surface area contributed by atoms with Crippen LogP contribution in [0.2, 0.25) is 5.02 Å². The number of fused-ring (bicyclic) bond motifs is 1. The fraction of sp³-hybridized carbons (Fsp3) is 0.231. The first-order valence-corrected chi connectivity index (χ1v) is 11.0. The minimum absolute atomic E-state index is 0.149. The number of rotatable bonds is 4. The van der Waals surface area contributed by atoms with E-state index in [0.717, 1.165) is 16.9 Å². The van der Waals surface area contributed by atoms with Crippen molar-refractivity contribution in [2.24, 2.45) is 0 Å². The molecule has 0 aliphatic carbocycles. The highest BCUT2D eigenvalue weighted by atomic mass is 35.5. The summed E-state index contributed by atoms with van der Waals surface area (Å²) in [5.74, 6) is -0.465. The predicted molar refractivity (Wildman–Crippen MR) is 127 cm³/mol. The third kappa shape index (κ3) is 4.08. The third-order valence-corrected chi connectivity index (χ3v) is 6.15. The first-order chi connectivity index (χ1) is 15.5. The maximum atomic E-state index is 13.9. The molecule has 0 spiro atoms. The van der Waals surface area contributed by atoms with Crippen LogP contribution in [0, 0.1) is 0 Å². The molecule has 32 heavy (non-hydrogen) atoms. The van der Waals surface area contributed by atoms with Crippen molar-refractivity contribution in [3.05, 3.63) is 95.0 Å². The van der Waals surface area contributed by atoms with Crippen LogP contribution in [-0.2, 0) is 9.53 Å². The quantitative estimate of drug-likeness (QED) is 0.494. The monoisotopic (exact) mass is 448 g/mol. The Bertz CT molecular complexity index is 1100. The van der Waals surface area contributed by atoms with Crippen molar-refractivity contribution in [2.45, 2.75) is 25.4 Å². The Morgan fingerprint density at radius 2 is 1.56 bits per heavy atom. The van der Waals surface area contributed by atoms with Crippen molar-refractivity contribution < 1.29 is 14.3 Å². The largest absolute Gasteiger partial charge is 0.467 e. The third-order valence-electron chi connectivity index (χ3n) is 5.89. The van der Waals surface area contributed by atoms with Crippen LogP contribution in [0.15, 0.2) is 78.9 Å². The van der Waals surface area contributed by atoms with Crippen LogP contribution in [0.1, 0.15) is 35.3 Å². The minimum Gasteiger partial charge on any atom is -0.467 e. The predicted octanol–water partition coefficient (Wildman–Crippen LogP) is 5.50. The number of esters is 1. The maximum absolute atomic E-state index is 13.9. The maximum Gasteiger partial charge on any atom is 0.328 e. The van der Waals surface area contributed by atoms with Crippen LogP contribution in [0.4, 0.5) is 11.4 Å². The highest BCUT2D eigenvalue weighted by Crippen LogP contribution is 2.43. The van der Waals surface area contributed by atoms with Gasteiger partial charge in [0.2, 0.25) is 0 Å². The molecule has 1 heterocycles. The summed E-state index contributed by atoms with van der Waals surface area (Å²) in [5, 5.41) is 0.570. The molecule has 0 saturated heterocycles. The van der Waals surface area contributed by atoms with Gasteiger partial charge in [0.05, 0.1) is 24.5 Å². The number of benzene rings is 3. The molecule has 1 aliphatic rings. The van der Waals surface area contributed by atoms with Crippen molar-refractivity contribution >= 4 is 34.9 Å². The lowest BCUT2D eigenvalue weighted by atomic mass is 9.96. The SMILES string of the molecule is CCN1c2ccccc2N(C(=O)c2ccc(Cl)cc2)C(c2ccccc2)CC1C(=O)OC. The van der Waals surface area contributed by atoms with Gasteiger partial charge in [-0.15, -0.1) is 0 Å². The number of ether oxygens (including phenoxy) is 1. The molecule has 0 fully saturated rings. The van der Waals surface area contributed by atoms with Gasteiger partial charge < -0.3 is 9.64 Å². The fourth-order valence-corrected chi connectivity index (χ4v) is 4.51. The topological polar surface area (TPSA) is 49.9 Å². The number of hydrogen-bond donors (Lipinski definition) is 0. The Morgan fingerprint density at radius 3 is 2.19 bits per heavy atom. The lowest BCUT2D eigenvalue weighted by molar-refractivity contribution is -0.142. The van der Waals surface area contributed by atoms with Crippen LogP contribution in [0.25, 0.3) is 0 Å². The van der Waals surface area contributed by atoms with Crippen molar-refractivity contribution in [3.8, 4) is 0 Å². The molecule has 0 radical (unpaired) electrons. The van der Waals surface area contributed by atoms with Crippen LogP contribution in [0.3, 0.4) is 0 Å². The smallest absolute Gasteiger partial charge is 0.328 e. The summed E-state index contributed by atoms with van der Waals surface area (Å²) < 4.78 is 5.17. The molecule has 0 N–H and O–H groups in total. The molecular weight excluding hydrogens is 424 g/mol. The number of carbonyl (C=O) groups is 2. The Labute approximate surface area is 193 Å². The van der Waals surface area contributed by atoms with E-state index in [1.54, 1.807) is 29.2 Å². The second-order valence-corrected chi connectivity index (χ2v) is 8.09. The molecule has 164 valence electrons. The summed E-state index contributed by atoms with van der Waals surface area (Å²) in [4.78, 5) is 30.6. The summed E-state index contributed by atoms with van der Waals surface area (Å²) in [6.07, 6.45) is 0.401. The molecule has 2 atom stereocenters. The molecule has 1 amide bonds. The van der Waals surface area contributed by atoms with Crippen LogP contribution in [0.5, 0.6) is 0 Å². The number of methoxy groups -OCH3 is 1. The molecule has 3 aromatic carbocycles. The number of carbonyl (C=O) groups excluding carboxylic acids is 2. The van der Waals surface area contributed by atoms with Gasteiger partial charge in [0.25, 0.3) is 5.91 Å². The summed E-state index contributed by atoms with van der Waals surface area (Å²) in [6.45, 7) is 2.60. The van der Waals surface area contributed by atoms with Gasteiger partial charge in [-0.05, 0) is 48.9 Å². The number of halogens is 1. The van der Waals surface area contributed by atoms with Gasteiger partial charge in [-0.3, -0.25) is 9.69 Å². The zero-order valence-corrected chi connectivity index (χ0v) is 18.8. The van der Waals surface area contributed by atoms with E-state index < -0.39 is 6.04 Å². The van der Waals surface area contributed by atoms with E-state index in [0.29, 0.717) is 23.6 Å². The number of nitrogens with zero attached hydrogens (tertiary/aromatic N) is 2. The summed E-state index contributed by atoms with van der Waals surface area (Å²) >= 11 is 6.06.